The number of piperazine rings is 1. The van der Waals surface area contributed by atoms with Gasteiger partial charge in [0.15, 0.2) is 0 Å². The Hall–Kier alpha value is -3.40. The molecule has 1 saturated heterocycles. The summed E-state index contributed by atoms with van der Waals surface area (Å²) >= 11 is 0. The molecule has 1 fully saturated rings. The Morgan fingerprint density at radius 1 is 1.05 bits per heavy atom. The first-order chi connectivity index (χ1) is 20.7. The maximum atomic E-state index is 13.8. The van der Waals surface area contributed by atoms with Crippen molar-refractivity contribution in [2.24, 2.45) is 0 Å². The van der Waals surface area contributed by atoms with Crippen LogP contribution >= 0.6 is 0 Å². The van der Waals surface area contributed by atoms with E-state index in [-0.39, 0.29) is 17.7 Å². The molecule has 0 radical (unpaired) electrons. The molecular weight excluding hydrogens is 556 g/mol. The lowest BCUT2D eigenvalue weighted by atomic mass is 9.95. The maximum Gasteiger partial charge on any atom is 0.410 e. The lowest BCUT2D eigenvalue weighted by molar-refractivity contribution is 0.00491. The van der Waals surface area contributed by atoms with Gasteiger partial charge in [-0.1, -0.05) is 69.2 Å². The molecule has 0 bridgehead atoms. The van der Waals surface area contributed by atoms with Gasteiger partial charge >= 0.3 is 6.09 Å². The molecule has 44 heavy (non-hydrogen) atoms. The average Bonchev–Trinajstić information content (AvgIpc) is 2.94. The summed E-state index contributed by atoms with van der Waals surface area (Å²) in [6.07, 6.45) is 16.3. The molecule has 0 aromatic carbocycles. The third-order valence-electron chi connectivity index (χ3n) is 6.86. The zero-order chi connectivity index (χ0) is 33.9. The number of ether oxygens (including phenoxy) is 1. The lowest BCUT2D eigenvalue weighted by Crippen LogP contribution is -2.54. The molecule has 1 aliphatic rings. The zero-order valence-electron chi connectivity index (χ0n) is 29.1. The summed E-state index contributed by atoms with van der Waals surface area (Å²) in [4.78, 5) is 16.3. The van der Waals surface area contributed by atoms with Crippen LogP contribution < -0.4 is 0 Å². The summed E-state index contributed by atoms with van der Waals surface area (Å²) in [5, 5.41) is 8.85. The number of hydrogen-bond acceptors (Lipinski definition) is 4. The van der Waals surface area contributed by atoms with E-state index in [1.807, 2.05) is 91.0 Å². The van der Waals surface area contributed by atoms with Gasteiger partial charge in [-0.05, 0) is 92.4 Å². The average molecular weight is 614 g/mol. The SMILES string of the molecule is CC/C=C/C=C(C#N)\C=C(/C)CCC.C\C=C(C(/C(C)=C\C=C\CC)=C(/C)N1CCN(C(=O)OC(C)(C)C)C(C)C1)\C(F)F. The molecule has 0 N–H and O–H groups in total. The Balaban J connectivity index is 0.00000111. The number of allylic oxidation sites excluding steroid dienone is 14. The third-order valence-corrected chi connectivity index (χ3v) is 6.86. The molecule has 5 nitrogen and oxygen atoms in total. The van der Waals surface area contributed by atoms with Gasteiger partial charge in [0.2, 0.25) is 0 Å². The minimum absolute atomic E-state index is 0.0355. The molecule has 7 heteroatoms. The van der Waals surface area contributed by atoms with Crippen molar-refractivity contribution < 1.29 is 18.3 Å². The van der Waals surface area contributed by atoms with Gasteiger partial charge in [-0.25, -0.2) is 13.6 Å². The number of carbonyl (C=O) groups is 1. The Morgan fingerprint density at radius 3 is 2.09 bits per heavy atom. The topological polar surface area (TPSA) is 56.6 Å². The van der Waals surface area contributed by atoms with E-state index in [0.29, 0.717) is 25.2 Å². The highest BCUT2D eigenvalue weighted by Crippen LogP contribution is 2.31. The van der Waals surface area contributed by atoms with Crippen LogP contribution in [0.1, 0.15) is 102 Å². The zero-order valence-corrected chi connectivity index (χ0v) is 29.1. The van der Waals surface area contributed by atoms with Gasteiger partial charge in [-0.3, -0.25) is 0 Å². The van der Waals surface area contributed by atoms with E-state index in [4.69, 9.17) is 10.00 Å². The largest absolute Gasteiger partial charge is 0.444 e. The van der Waals surface area contributed by atoms with E-state index in [1.54, 1.807) is 11.8 Å². The molecule has 1 rings (SSSR count). The van der Waals surface area contributed by atoms with Crippen molar-refractivity contribution >= 4 is 6.09 Å². The molecule has 0 aromatic rings. The molecule has 1 aliphatic heterocycles. The van der Waals surface area contributed by atoms with Crippen molar-refractivity contribution in [3.05, 3.63) is 82.2 Å². The molecule has 0 spiro atoms. The van der Waals surface area contributed by atoms with Crippen molar-refractivity contribution in [3.63, 3.8) is 0 Å². The first kappa shape index (κ1) is 40.6. The molecule has 1 heterocycles. The normalized spacial score (nSPS) is 18.0. The number of carbonyl (C=O) groups excluding carboxylic acids is 1. The minimum atomic E-state index is -2.56. The summed E-state index contributed by atoms with van der Waals surface area (Å²) < 4.78 is 33.1. The fraction of sp³-hybridized carbons (Fsp3) is 0.568. The number of alkyl halides is 2. The van der Waals surface area contributed by atoms with Crippen molar-refractivity contribution in [1.82, 2.24) is 9.80 Å². The lowest BCUT2D eigenvalue weighted by Gasteiger charge is -2.42. The predicted octanol–water partition coefficient (Wildman–Crippen LogP) is 10.5. The molecule has 246 valence electrons. The van der Waals surface area contributed by atoms with Gasteiger partial charge < -0.3 is 14.5 Å². The van der Waals surface area contributed by atoms with Crippen molar-refractivity contribution in [3.8, 4) is 6.07 Å². The second kappa shape index (κ2) is 21.3. The summed E-state index contributed by atoms with van der Waals surface area (Å²) in [5.74, 6) is 0. The summed E-state index contributed by atoms with van der Waals surface area (Å²) in [7, 11) is 0. The van der Waals surface area contributed by atoms with Gasteiger partial charge in [-0.2, -0.15) is 5.26 Å². The predicted molar refractivity (Wildman–Crippen MR) is 181 cm³/mol. The van der Waals surface area contributed by atoms with E-state index in [2.05, 4.69) is 31.7 Å². The Bertz CT molecular complexity index is 1160. The van der Waals surface area contributed by atoms with Crippen LogP contribution in [-0.4, -0.2) is 53.6 Å². The van der Waals surface area contributed by atoms with Gasteiger partial charge in [0.1, 0.15) is 5.60 Å². The molecule has 1 unspecified atom stereocenters. The molecule has 0 aliphatic carbocycles. The highest BCUT2D eigenvalue weighted by atomic mass is 19.3. The third kappa shape index (κ3) is 15.4. The molecule has 1 atom stereocenters. The minimum Gasteiger partial charge on any atom is -0.444 e. The van der Waals surface area contributed by atoms with Crippen LogP contribution in [-0.2, 0) is 4.74 Å². The molecule has 1 amide bonds. The van der Waals surface area contributed by atoms with Crippen molar-refractivity contribution in [2.75, 3.05) is 19.6 Å². The van der Waals surface area contributed by atoms with E-state index < -0.39 is 12.0 Å². The highest BCUT2D eigenvalue weighted by Gasteiger charge is 2.32. The maximum absolute atomic E-state index is 13.8. The van der Waals surface area contributed by atoms with Gasteiger partial charge in [-0.15, -0.1) is 0 Å². The Morgan fingerprint density at radius 2 is 1.64 bits per heavy atom. The van der Waals surface area contributed by atoms with Crippen LogP contribution in [0.3, 0.4) is 0 Å². The van der Waals surface area contributed by atoms with Gasteiger partial charge in [0.05, 0.1) is 11.6 Å². The summed E-state index contributed by atoms with van der Waals surface area (Å²) in [6, 6.07) is 2.10. The quantitative estimate of drug-likeness (QED) is 0.172. The fourth-order valence-electron chi connectivity index (χ4n) is 4.70. The molecular formula is C37H57F2N3O2. The fourth-order valence-corrected chi connectivity index (χ4v) is 4.70. The number of amides is 1. The second-order valence-corrected chi connectivity index (χ2v) is 12.0. The summed E-state index contributed by atoms with van der Waals surface area (Å²) in [6.45, 7) is 22.8. The van der Waals surface area contributed by atoms with Crippen LogP contribution in [0.2, 0.25) is 0 Å². The van der Waals surface area contributed by atoms with Crippen molar-refractivity contribution in [1.29, 1.82) is 5.26 Å². The molecule has 0 saturated carbocycles. The number of nitriles is 1. The van der Waals surface area contributed by atoms with Crippen LogP contribution in [0.15, 0.2) is 82.2 Å². The van der Waals surface area contributed by atoms with Crippen LogP contribution in [0.25, 0.3) is 0 Å². The van der Waals surface area contributed by atoms with E-state index in [1.165, 1.54) is 11.6 Å². The second-order valence-electron chi connectivity index (χ2n) is 12.0. The number of nitrogens with zero attached hydrogens (tertiary/aromatic N) is 3. The standard InChI is InChI=1S/C24H38F2N2O2.C13H19N/c1-9-11-12-13-17(3)21(20(10-2)22(25)26)19(5)27-14-15-28(18(4)16-27)23(29)30-24(6,7)8;1-4-6-7-9-13(11-14)10-12(3)8-5-2/h10-13,18,22H,9,14-16H2,1-8H3;6-7,9-10H,4-5,8H2,1-3H3/b12-11+,17-13-,20-10+,21-19-;7-6+,12-10+,13-9+. The number of rotatable bonds is 11. The van der Waals surface area contributed by atoms with Crippen LogP contribution in [0.4, 0.5) is 13.6 Å². The summed E-state index contributed by atoms with van der Waals surface area (Å²) in [5.41, 5.74) is 3.67. The van der Waals surface area contributed by atoms with Crippen molar-refractivity contribution in [2.45, 2.75) is 120 Å². The highest BCUT2D eigenvalue weighted by molar-refractivity contribution is 5.68. The number of halogens is 2. The van der Waals surface area contributed by atoms with Gasteiger partial charge in [0.25, 0.3) is 6.43 Å². The van der Waals surface area contributed by atoms with Crippen LogP contribution in [0.5, 0.6) is 0 Å². The Kier molecular flexibility index (Phi) is 19.7. The first-order valence-corrected chi connectivity index (χ1v) is 15.8. The van der Waals surface area contributed by atoms with E-state index >= 15 is 0 Å². The van der Waals surface area contributed by atoms with E-state index in [9.17, 15) is 13.6 Å². The van der Waals surface area contributed by atoms with Crippen LogP contribution in [0, 0.1) is 11.3 Å². The number of hydrogen-bond donors (Lipinski definition) is 0. The van der Waals surface area contributed by atoms with Gasteiger partial charge in [0, 0.05) is 42.5 Å². The Labute approximate surface area is 267 Å². The monoisotopic (exact) mass is 613 g/mol. The smallest absolute Gasteiger partial charge is 0.410 e. The molecule has 0 aromatic heterocycles. The van der Waals surface area contributed by atoms with E-state index in [0.717, 1.165) is 42.5 Å². The first-order valence-electron chi connectivity index (χ1n) is 15.8.